The fraction of sp³-hybridized carbons (Fsp3) is 0.133. The Morgan fingerprint density at radius 1 is 1.25 bits per heavy atom. The molecule has 122 valence electrons. The molecule has 9 heteroatoms. The van der Waals surface area contributed by atoms with Gasteiger partial charge in [0, 0.05) is 12.7 Å². The lowest BCUT2D eigenvalue weighted by molar-refractivity contribution is 0.0996. The number of nitrogens with zero attached hydrogens (tertiary/aromatic N) is 5. The van der Waals surface area contributed by atoms with Crippen molar-refractivity contribution >= 4 is 23.2 Å². The molecular formula is C15H16N8O. The van der Waals surface area contributed by atoms with Crippen molar-refractivity contribution in [1.29, 1.82) is 0 Å². The molecule has 3 rings (SSSR count). The summed E-state index contributed by atoms with van der Waals surface area (Å²) >= 11 is 0. The summed E-state index contributed by atoms with van der Waals surface area (Å²) in [6.07, 6.45) is 4.65. The standard InChI is InChI=1S/C15H16N8O/c1-9-3-4-10(7-11(9)23-19-5-6-20-23)21-15-13(14(16)24)18-8-12(17-2)22-15/h3-8H,1-2H3,(H2,16,24)(H2,17,21,22). The maximum Gasteiger partial charge on any atom is 0.271 e. The van der Waals surface area contributed by atoms with E-state index < -0.39 is 5.91 Å². The summed E-state index contributed by atoms with van der Waals surface area (Å²) in [5.41, 5.74) is 7.95. The molecule has 0 unspecified atom stereocenters. The van der Waals surface area contributed by atoms with Crippen molar-refractivity contribution in [2.45, 2.75) is 6.92 Å². The van der Waals surface area contributed by atoms with E-state index in [2.05, 4.69) is 30.8 Å². The maximum absolute atomic E-state index is 11.6. The predicted molar refractivity (Wildman–Crippen MR) is 89.5 cm³/mol. The van der Waals surface area contributed by atoms with Gasteiger partial charge in [-0.05, 0) is 24.6 Å². The third-order valence-corrected chi connectivity index (χ3v) is 3.37. The van der Waals surface area contributed by atoms with Crippen LogP contribution in [0.1, 0.15) is 16.1 Å². The van der Waals surface area contributed by atoms with Gasteiger partial charge in [-0.2, -0.15) is 15.0 Å². The van der Waals surface area contributed by atoms with Gasteiger partial charge in [-0.1, -0.05) is 6.07 Å². The Hall–Kier alpha value is -3.49. The van der Waals surface area contributed by atoms with Gasteiger partial charge in [-0.25, -0.2) is 9.97 Å². The van der Waals surface area contributed by atoms with Gasteiger partial charge in [0.05, 0.1) is 24.3 Å². The topological polar surface area (TPSA) is 124 Å². The van der Waals surface area contributed by atoms with Crippen LogP contribution in [0, 0.1) is 6.92 Å². The molecule has 0 atom stereocenters. The first-order valence-electron chi connectivity index (χ1n) is 7.17. The first-order valence-corrected chi connectivity index (χ1v) is 7.17. The highest BCUT2D eigenvalue weighted by Gasteiger charge is 2.14. The Kier molecular flexibility index (Phi) is 4.06. The van der Waals surface area contributed by atoms with Crippen molar-refractivity contribution in [3.05, 3.63) is 48.0 Å². The fourth-order valence-corrected chi connectivity index (χ4v) is 2.16. The summed E-state index contributed by atoms with van der Waals surface area (Å²) in [7, 11) is 1.71. The quantitative estimate of drug-likeness (QED) is 0.645. The number of aryl methyl sites for hydroxylation is 1. The summed E-state index contributed by atoms with van der Waals surface area (Å²) < 4.78 is 0. The minimum Gasteiger partial charge on any atom is -0.372 e. The maximum atomic E-state index is 11.6. The Bertz CT molecular complexity index is 875. The van der Waals surface area contributed by atoms with Gasteiger partial charge >= 0.3 is 0 Å². The minimum atomic E-state index is -0.659. The number of primary amides is 1. The van der Waals surface area contributed by atoms with E-state index in [0.717, 1.165) is 11.3 Å². The number of hydrogen-bond donors (Lipinski definition) is 3. The SMILES string of the molecule is CNc1cnc(C(N)=O)c(Nc2ccc(C)c(-n3nccn3)c2)n1. The van der Waals surface area contributed by atoms with Gasteiger partial charge in [-0.3, -0.25) is 4.79 Å². The number of anilines is 3. The van der Waals surface area contributed by atoms with E-state index in [4.69, 9.17) is 5.73 Å². The predicted octanol–water partition coefficient (Wildman–Crippen LogP) is 1.25. The van der Waals surface area contributed by atoms with Crippen LogP contribution in [0.4, 0.5) is 17.3 Å². The van der Waals surface area contributed by atoms with Crippen molar-refractivity contribution in [3.63, 3.8) is 0 Å². The number of aromatic nitrogens is 5. The van der Waals surface area contributed by atoms with E-state index in [1.54, 1.807) is 19.4 Å². The van der Waals surface area contributed by atoms with Gasteiger partial charge in [-0.15, -0.1) is 0 Å². The lowest BCUT2D eigenvalue weighted by Gasteiger charge is -2.12. The number of amides is 1. The van der Waals surface area contributed by atoms with Crippen LogP contribution < -0.4 is 16.4 Å². The van der Waals surface area contributed by atoms with Crippen LogP contribution in [-0.4, -0.2) is 37.9 Å². The highest BCUT2D eigenvalue weighted by atomic mass is 16.1. The van der Waals surface area contributed by atoms with Crippen LogP contribution in [0.5, 0.6) is 0 Å². The molecule has 0 saturated heterocycles. The average molecular weight is 324 g/mol. The molecule has 4 N–H and O–H groups in total. The second-order valence-electron chi connectivity index (χ2n) is 5.01. The summed E-state index contributed by atoms with van der Waals surface area (Å²) in [6.45, 7) is 1.96. The zero-order valence-corrected chi connectivity index (χ0v) is 13.2. The first-order chi connectivity index (χ1) is 11.6. The molecule has 9 nitrogen and oxygen atoms in total. The Morgan fingerprint density at radius 3 is 2.67 bits per heavy atom. The van der Waals surface area contributed by atoms with Crippen LogP contribution in [0.25, 0.3) is 5.69 Å². The van der Waals surface area contributed by atoms with Crippen molar-refractivity contribution < 1.29 is 4.79 Å². The van der Waals surface area contributed by atoms with Crippen molar-refractivity contribution in [1.82, 2.24) is 25.0 Å². The number of rotatable bonds is 5. The summed E-state index contributed by atoms with van der Waals surface area (Å²) in [5, 5.41) is 14.2. The third kappa shape index (κ3) is 3.00. The lowest BCUT2D eigenvalue weighted by atomic mass is 10.2. The van der Waals surface area contributed by atoms with Gasteiger partial charge in [0.15, 0.2) is 11.5 Å². The fourth-order valence-electron chi connectivity index (χ4n) is 2.16. The number of nitrogens with two attached hydrogens (primary N) is 1. The molecule has 0 fully saturated rings. The Balaban J connectivity index is 2.00. The molecule has 0 saturated carbocycles. The van der Waals surface area contributed by atoms with Crippen LogP contribution in [0.3, 0.4) is 0 Å². The van der Waals surface area contributed by atoms with E-state index in [9.17, 15) is 4.79 Å². The van der Waals surface area contributed by atoms with Crippen LogP contribution in [0.15, 0.2) is 36.8 Å². The smallest absolute Gasteiger partial charge is 0.271 e. The first kappa shape index (κ1) is 15.4. The molecular weight excluding hydrogens is 308 g/mol. The van der Waals surface area contributed by atoms with Crippen LogP contribution >= 0.6 is 0 Å². The minimum absolute atomic E-state index is 0.0633. The number of hydrogen-bond acceptors (Lipinski definition) is 7. The summed E-state index contributed by atoms with van der Waals surface area (Å²) in [5.74, 6) is 0.134. The number of carbonyl (C=O) groups excluding carboxylic acids is 1. The van der Waals surface area contributed by atoms with Crippen molar-refractivity contribution in [2.24, 2.45) is 5.73 Å². The molecule has 0 aliphatic rings. The van der Waals surface area contributed by atoms with Crippen molar-refractivity contribution in [2.75, 3.05) is 17.7 Å². The van der Waals surface area contributed by atoms with Gasteiger partial charge in [0.1, 0.15) is 5.82 Å². The van der Waals surface area contributed by atoms with Crippen LogP contribution in [-0.2, 0) is 0 Å². The molecule has 1 amide bonds. The molecule has 0 bridgehead atoms. The number of nitrogens with one attached hydrogen (secondary N) is 2. The summed E-state index contributed by atoms with van der Waals surface area (Å²) in [6, 6.07) is 5.63. The molecule has 3 aromatic rings. The third-order valence-electron chi connectivity index (χ3n) is 3.37. The van der Waals surface area contributed by atoms with Crippen LogP contribution in [0.2, 0.25) is 0 Å². The average Bonchev–Trinajstić information content (AvgIpc) is 3.10. The number of carbonyl (C=O) groups is 1. The lowest BCUT2D eigenvalue weighted by Crippen LogP contribution is -2.17. The van der Waals surface area contributed by atoms with Crippen molar-refractivity contribution in [3.8, 4) is 5.69 Å². The van der Waals surface area contributed by atoms with E-state index in [-0.39, 0.29) is 11.5 Å². The second-order valence-corrected chi connectivity index (χ2v) is 5.01. The van der Waals surface area contributed by atoms with E-state index >= 15 is 0 Å². The summed E-state index contributed by atoms with van der Waals surface area (Å²) in [4.78, 5) is 21.4. The number of benzene rings is 1. The van der Waals surface area contributed by atoms with Gasteiger partial charge in [0.2, 0.25) is 0 Å². The zero-order valence-electron chi connectivity index (χ0n) is 13.2. The Morgan fingerprint density at radius 2 is 2.00 bits per heavy atom. The van der Waals surface area contributed by atoms with E-state index in [1.807, 2.05) is 25.1 Å². The molecule has 2 heterocycles. The van der Waals surface area contributed by atoms with Gasteiger partial charge in [0.25, 0.3) is 5.91 Å². The highest BCUT2D eigenvalue weighted by molar-refractivity contribution is 5.96. The monoisotopic (exact) mass is 324 g/mol. The molecule has 0 aliphatic carbocycles. The molecule has 0 aliphatic heterocycles. The second kappa shape index (κ2) is 6.32. The van der Waals surface area contributed by atoms with E-state index in [0.29, 0.717) is 11.5 Å². The highest BCUT2D eigenvalue weighted by Crippen LogP contribution is 2.23. The largest absolute Gasteiger partial charge is 0.372 e. The normalized spacial score (nSPS) is 10.4. The van der Waals surface area contributed by atoms with E-state index in [1.165, 1.54) is 11.0 Å². The molecule has 1 aromatic carbocycles. The zero-order chi connectivity index (χ0) is 17.1. The Labute approximate surface area is 137 Å². The molecule has 2 aromatic heterocycles. The molecule has 0 radical (unpaired) electrons. The molecule has 0 spiro atoms. The molecule has 24 heavy (non-hydrogen) atoms. The van der Waals surface area contributed by atoms with Gasteiger partial charge < -0.3 is 16.4 Å².